The van der Waals surface area contributed by atoms with Crippen molar-refractivity contribution in [3.05, 3.63) is 71.6 Å². The van der Waals surface area contributed by atoms with E-state index in [0.717, 1.165) is 5.56 Å². The summed E-state index contributed by atoms with van der Waals surface area (Å²) < 4.78 is 5.30. The largest absolute Gasteiger partial charge is 0.372 e. The first-order valence-electron chi connectivity index (χ1n) is 8.40. The van der Waals surface area contributed by atoms with Crippen molar-refractivity contribution in [3.63, 3.8) is 0 Å². The zero-order valence-electron chi connectivity index (χ0n) is 14.5. The van der Waals surface area contributed by atoms with Gasteiger partial charge in [0.1, 0.15) is 0 Å². The maximum absolute atomic E-state index is 13.0. The molecule has 0 fully saturated rings. The molecule has 0 saturated heterocycles. The number of nitrogens with zero attached hydrogens (tertiary/aromatic N) is 3. The highest BCUT2D eigenvalue weighted by molar-refractivity contribution is 6.31. The van der Waals surface area contributed by atoms with Crippen molar-refractivity contribution >= 4 is 28.8 Å². The number of benzene rings is 2. The van der Waals surface area contributed by atoms with Gasteiger partial charge in [0.15, 0.2) is 0 Å². The minimum absolute atomic E-state index is 0.00594. The molecule has 1 unspecified atom stereocenters. The van der Waals surface area contributed by atoms with Gasteiger partial charge in [-0.2, -0.15) is 4.98 Å². The summed E-state index contributed by atoms with van der Waals surface area (Å²) in [5.74, 6) is -0.181. The first-order valence-corrected chi connectivity index (χ1v) is 8.78. The van der Waals surface area contributed by atoms with Crippen LogP contribution in [0.25, 0.3) is 17.0 Å². The lowest BCUT2D eigenvalue weighted by Crippen LogP contribution is -2.41. The van der Waals surface area contributed by atoms with Crippen molar-refractivity contribution in [2.45, 2.75) is 12.5 Å². The van der Waals surface area contributed by atoms with Crippen LogP contribution in [-0.4, -0.2) is 27.7 Å². The van der Waals surface area contributed by atoms with Crippen molar-refractivity contribution in [3.8, 4) is 11.4 Å². The molecule has 1 aromatic heterocycles. The number of halogens is 1. The van der Waals surface area contributed by atoms with Crippen LogP contribution in [0.4, 0.5) is 5.69 Å². The molecule has 0 radical (unpaired) electrons. The van der Waals surface area contributed by atoms with Gasteiger partial charge in [-0.25, -0.2) is 0 Å². The molecule has 136 valence electrons. The van der Waals surface area contributed by atoms with E-state index in [1.165, 1.54) is 4.90 Å². The molecule has 0 bridgehead atoms. The summed E-state index contributed by atoms with van der Waals surface area (Å²) >= 11 is 6.10. The topological polar surface area (TPSA) is 79.5 Å². The second-order valence-corrected chi connectivity index (χ2v) is 6.63. The lowest BCUT2D eigenvalue weighted by atomic mass is 9.88. The van der Waals surface area contributed by atoms with E-state index >= 15 is 0 Å². The standard InChI is InChI=1S/C20H16ClN3O3/c1-3-24-16-10-9-14(21)11-15(16)20(26,19(24)25)12(2)18-22-17(23-27-18)13-7-5-4-6-8-13/h4-11,26H,2-3H2,1H3. The fourth-order valence-electron chi connectivity index (χ4n) is 3.26. The van der Waals surface area contributed by atoms with Crippen LogP contribution in [0.5, 0.6) is 0 Å². The molecule has 1 aliphatic rings. The van der Waals surface area contributed by atoms with Crippen LogP contribution in [-0.2, 0) is 10.4 Å². The Hall–Kier alpha value is -2.96. The molecule has 1 atom stereocenters. The summed E-state index contributed by atoms with van der Waals surface area (Å²) in [6, 6.07) is 14.2. The second-order valence-electron chi connectivity index (χ2n) is 6.19. The van der Waals surface area contributed by atoms with E-state index < -0.39 is 11.5 Å². The number of hydrogen-bond acceptors (Lipinski definition) is 5. The number of carbonyl (C=O) groups excluding carboxylic acids is 1. The van der Waals surface area contributed by atoms with Crippen LogP contribution in [0, 0.1) is 0 Å². The van der Waals surface area contributed by atoms with Crippen LogP contribution in [0.1, 0.15) is 18.4 Å². The first kappa shape index (κ1) is 17.5. The van der Waals surface area contributed by atoms with Gasteiger partial charge in [0, 0.05) is 22.7 Å². The molecule has 0 spiro atoms. The van der Waals surface area contributed by atoms with Crippen molar-refractivity contribution in [2.24, 2.45) is 0 Å². The summed E-state index contributed by atoms with van der Waals surface area (Å²) in [5, 5.41) is 15.7. The van der Waals surface area contributed by atoms with Gasteiger partial charge in [-0.15, -0.1) is 0 Å². The van der Waals surface area contributed by atoms with Crippen LogP contribution in [0.15, 0.2) is 59.6 Å². The minimum atomic E-state index is -2.02. The second kappa shape index (κ2) is 6.33. The molecule has 0 aliphatic carbocycles. The van der Waals surface area contributed by atoms with E-state index in [-0.39, 0.29) is 11.5 Å². The molecule has 1 aliphatic heterocycles. The van der Waals surface area contributed by atoms with Crippen molar-refractivity contribution in [2.75, 3.05) is 11.4 Å². The number of likely N-dealkylation sites (N-methyl/N-ethyl adjacent to an activating group) is 1. The number of anilines is 1. The number of carbonyl (C=O) groups is 1. The summed E-state index contributed by atoms with van der Waals surface area (Å²) in [5.41, 5.74) is -0.313. The fourth-order valence-corrected chi connectivity index (χ4v) is 3.44. The van der Waals surface area contributed by atoms with Gasteiger partial charge < -0.3 is 14.5 Å². The van der Waals surface area contributed by atoms with Gasteiger partial charge in [0.25, 0.3) is 11.8 Å². The third-order valence-electron chi connectivity index (χ3n) is 4.66. The molecule has 2 aromatic carbocycles. The maximum Gasteiger partial charge on any atom is 0.268 e. The monoisotopic (exact) mass is 381 g/mol. The average molecular weight is 382 g/mol. The molecule has 1 N–H and O–H groups in total. The summed E-state index contributed by atoms with van der Waals surface area (Å²) in [4.78, 5) is 18.8. The number of aliphatic hydroxyl groups is 1. The Morgan fingerprint density at radius 3 is 2.74 bits per heavy atom. The Morgan fingerprint density at radius 2 is 2.04 bits per heavy atom. The molecule has 2 heterocycles. The van der Waals surface area contributed by atoms with Crippen LogP contribution in [0.2, 0.25) is 5.02 Å². The Labute approximate surface area is 160 Å². The quantitative estimate of drug-likeness (QED) is 0.746. The highest BCUT2D eigenvalue weighted by atomic mass is 35.5. The van der Waals surface area contributed by atoms with Crippen molar-refractivity contribution in [1.82, 2.24) is 10.1 Å². The Morgan fingerprint density at radius 1 is 1.30 bits per heavy atom. The fraction of sp³-hybridized carbons (Fsp3) is 0.150. The molecular formula is C20H16ClN3O3. The van der Waals surface area contributed by atoms with Gasteiger partial charge in [-0.05, 0) is 25.1 Å². The van der Waals surface area contributed by atoms with Gasteiger partial charge in [-0.3, -0.25) is 4.79 Å². The van der Waals surface area contributed by atoms with E-state index in [1.807, 2.05) is 37.3 Å². The van der Waals surface area contributed by atoms with Crippen LogP contribution < -0.4 is 4.90 Å². The highest BCUT2D eigenvalue weighted by Crippen LogP contribution is 2.47. The number of rotatable bonds is 4. The molecule has 3 aromatic rings. The van der Waals surface area contributed by atoms with Crippen molar-refractivity contribution in [1.29, 1.82) is 0 Å². The number of aromatic nitrogens is 2. The zero-order chi connectivity index (χ0) is 19.2. The van der Waals surface area contributed by atoms with E-state index in [4.69, 9.17) is 16.1 Å². The van der Waals surface area contributed by atoms with Gasteiger partial charge in [-0.1, -0.05) is 53.7 Å². The summed E-state index contributed by atoms with van der Waals surface area (Å²) in [6.45, 7) is 6.11. The zero-order valence-corrected chi connectivity index (χ0v) is 15.3. The maximum atomic E-state index is 13.0. The molecule has 6 nitrogen and oxygen atoms in total. The van der Waals surface area contributed by atoms with Gasteiger partial charge >= 0.3 is 0 Å². The molecular weight excluding hydrogens is 366 g/mol. The van der Waals surface area contributed by atoms with E-state index in [9.17, 15) is 9.90 Å². The van der Waals surface area contributed by atoms with Crippen molar-refractivity contribution < 1.29 is 14.4 Å². The highest BCUT2D eigenvalue weighted by Gasteiger charge is 2.53. The van der Waals surface area contributed by atoms with Crippen LogP contribution in [0.3, 0.4) is 0 Å². The van der Waals surface area contributed by atoms with Crippen LogP contribution >= 0.6 is 11.6 Å². The number of fused-ring (bicyclic) bond motifs is 1. The smallest absolute Gasteiger partial charge is 0.268 e. The van der Waals surface area contributed by atoms with Gasteiger partial charge in [0.05, 0.1) is 11.3 Å². The van der Waals surface area contributed by atoms with E-state index in [0.29, 0.717) is 28.6 Å². The Balaban J connectivity index is 1.79. The first-order chi connectivity index (χ1) is 13.0. The lowest BCUT2D eigenvalue weighted by molar-refractivity contribution is -0.130. The SMILES string of the molecule is C=C(c1nc(-c2ccccc2)no1)C1(O)C(=O)N(CC)c2ccc(Cl)cc21. The molecule has 1 amide bonds. The molecule has 0 saturated carbocycles. The Kier molecular flexibility index (Phi) is 4.09. The Bertz CT molecular complexity index is 1050. The third kappa shape index (κ3) is 2.57. The predicted molar refractivity (Wildman–Crippen MR) is 102 cm³/mol. The summed E-state index contributed by atoms with van der Waals surface area (Å²) in [7, 11) is 0. The normalized spacial score (nSPS) is 18.6. The van der Waals surface area contributed by atoms with Gasteiger partial charge in [0.2, 0.25) is 11.4 Å². The number of amides is 1. The molecule has 27 heavy (non-hydrogen) atoms. The lowest BCUT2D eigenvalue weighted by Gasteiger charge is -2.22. The predicted octanol–water partition coefficient (Wildman–Crippen LogP) is 3.66. The molecule has 7 heteroatoms. The number of hydrogen-bond donors (Lipinski definition) is 1. The van der Waals surface area contributed by atoms with E-state index in [1.54, 1.807) is 18.2 Å². The summed E-state index contributed by atoms with van der Waals surface area (Å²) in [6.07, 6.45) is 0. The third-order valence-corrected chi connectivity index (χ3v) is 4.90. The average Bonchev–Trinajstić information content (AvgIpc) is 3.25. The molecule has 4 rings (SSSR count). The van der Waals surface area contributed by atoms with E-state index in [2.05, 4.69) is 16.7 Å². The minimum Gasteiger partial charge on any atom is -0.372 e.